The van der Waals surface area contributed by atoms with E-state index in [1.807, 2.05) is 13.8 Å². The van der Waals surface area contributed by atoms with E-state index in [0.29, 0.717) is 5.75 Å². The van der Waals surface area contributed by atoms with E-state index >= 15 is 0 Å². The molecule has 100 valence electrons. The van der Waals surface area contributed by atoms with Crippen LogP contribution in [0.5, 0.6) is 11.6 Å². The molecule has 0 aliphatic heterocycles. The number of primary sulfonamides is 1. The molecule has 0 atom stereocenters. The zero-order chi connectivity index (χ0) is 13.3. The number of nitrogens with two attached hydrogens (primary N) is 1. The first-order valence-corrected chi connectivity index (χ1v) is 7.28. The Bertz CT molecular complexity index is 538. The molecule has 0 spiro atoms. The molecular weight excluding hydrogens is 256 g/mol. The van der Waals surface area contributed by atoms with E-state index in [1.165, 1.54) is 12.1 Å². The first-order valence-electron chi connectivity index (χ1n) is 5.73. The number of nitrogens with zero attached hydrogens (tertiary/aromatic N) is 1. The van der Waals surface area contributed by atoms with Crippen LogP contribution in [0, 0.1) is 0 Å². The third-order valence-corrected chi connectivity index (χ3v) is 3.07. The number of hydrogen-bond donors (Lipinski definition) is 1. The molecule has 1 aliphatic carbocycles. The van der Waals surface area contributed by atoms with Gasteiger partial charge in [-0.05, 0) is 38.8 Å². The van der Waals surface area contributed by atoms with Crippen molar-refractivity contribution in [3.63, 3.8) is 0 Å². The average Bonchev–Trinajstić information content (AvgIpc) is 3.02. The second-order valence-electron chi connectivity index (χ2n) is 4.48. The molecule has 18 heavy (non-hydrogen) atoms. The van der Waals surface area contributed by atoms with Gasteiger partial charge < -0.3 is 9.47 Å². The molecule has 1 aromatic rings. The van der Waals surface area contributed by atoms with Crippen molar-refractivity contribution in [3.05, 3.63) is 12.1 Å². The van der Waals surface area contributed by atoms with Gasteiger partial charge in [-0.2, -0.15) is 4.98 Å². The van der Waals surface area contributed by atoms with Crippen LogP contribution in [0.2, 0.25) is 0 Å². The largest absolute Gasteiger partial charge is 0.485 e. The van der Waals surface area contributed by atoms with Gasteiger partial charge in [-0.1, -0.05) is 0 Å². The molecule has 1 aliphatic rings. The van der Waals surface area contributed by atoms with E-state index in [2.05, 4.69) is 4.98 Å². The second-order valence-corrected chi connectivity index (χ2v) is 5.99. The van der Waals surface area contributed by atoms with Gasteiger partial charge in [0.15, 0.2) is 10.8 Å². The molecule has 0 bridgehead atoms. The maximum atomic E-state index is 11.2. The fourth-order valence-electron chi connectivity index (χ4n) is 1.33. The van der Waals surface area contributed by atoms with E-state index in [9.17, 15) is 8.42 Å². The highest BCUT2D eigenvalue weighted by atomic mass is 32.2. The summed E-state index contributed by atoms with van der Waals surface area (Å²) in [6.45, 7) is 3.65. The van der Waals surface area contributed by atoms with E-state index in [-0.39, 0.29) is 23.1 Å². The van der Waals surface area contributed by atoms with Gasteiger partial charge >= 0.3 is 0 Å². The number of ether oxygens (including phenoxy) is 2. The number of sulfonamides is 1. The van der Waals surface area contributed by atoms with Gasteiger partial charge in [-0.25, -0.2) is 13.6 Å². The monoisotopic (exact) mass is 272 g/mol. The van der Waals surface area contributed by atoms with Gasteiger partial charge in [0.25, 0.3) is 15.9 Å². The van der Waals surface area contributed by atoms with Crippen molar-refractivity contribution in [1.82, 2.24) is 4.98 Å². The van der Waals surface area contributed by atoms with Gasteiger partial charge in [-0.3, -0.25) is 0 Å². The zero-order valence-corrected chi connectivity index (χ0v) is 11.1. The maximum Gasteiger partial charge on any atom is 0.258 e. The Hall–Kier alpha value is -1.34. The molecular formula is C11H16N2O4S. The number of aromatic nitrogens is 1. The average molecular weight is 272 g/mol. The molecule has 2 rings (SSSR count). The summed E-state index contributed by atoms with van der Waals surface area (Å²) in [7, 11) is -3.84. The fraction of sp³-hybridized carbons (Fsp3) is 0.545. The van der Waals surface area contributed by atoms with Crippen molar-refractivity contribution >= 4 is 10.0 Å². The molecule has 0 saturated heterocycles. The highest BCUT2D eigenvalue weighted by Crippen LogP contribution is 2.33. The molecule has 1 heterocycles. The minimum atomic E-state index is -3.84. The molecule has 6 nitrogen and oxygen atoms in total. The van der Waals surface area contributed by atoms with Crippen molar-refractivity contribution in [2.75, 3.05) is 0 Å². The van der Waals surface area contributed by atoms with Crippen molar-refractivity contribution in [2.45, 2.75) is 43.9 Å². The van der Waals surface area contributed by atoms with E-state index in [4.69, 9.17) is 14.6 Å². The smallest absolute Gasteiger partial charge is 0.258 e. The third kappa shape index (κ3) is 3.33. The van der Waals surface area contributed by atoms with E-state index < -0.39 is 10.0 Å². The first-order chi connectivity index (χ1) is 8.36. The predicted molar refractivity (Wildman–Crippen MR) is 65.0 cm³/mol. The molecule has 2 N–H and O–H groups in total. The Balaban J connectivity index is 2.33. The van der Waals surface area contributed by atoms with E-state index in [0.717, 1.165) is 12.8 Å². The Labute approximate surface area is 106 Å². The van der Waals surface area contributed by atoms with Crippen molar-refractivity contribution in [3.8, 4) is 11.6 Å². The fourth-order valence-corrected chi connectivity index (χ4v) is 1.80. The van der Waals surface area contributed by atoms with E-state index in [1.54, 1.807) is 0 Å². The number of rotatable bonds is 5. The quantitative estimate of drug-likeness (QED) is 0.865. The van der Waals surface area contributed by atoms with Crippen LogP contribution in [0.3, 0.4) is 0 Å². The summed E-state index contributed by atoms with van der Waals surface area (Å²) in [5, 5.41) is 4.81. The molecule has 0 aromatic carbocycles. The minimum Gasteiger partial charge on any atom is -0.485 e. The van der Waals surface area contributed by atoms with Gasteiger partial charge in [-0.15, -0.1) is 0 Å². The van der Waals surface area contributed by atoms with Crippen molar-refractivity contribution in [1.29, 1.82) is 0 Å². The highest BCUT2D eigenvalue weighted by molar-refractivity contribution is 7.89. The van der Waals surface area contributed by atoms with Gasteiger partial charge in [0, 0.05) is 0 Å². The summed E-state index contributed by atoms with van der Waals surface area (Å²) in [4.78, 5) is 3.90. The van der Waals surface area contributed by atoms with Crippen LogP contribution >= 0.6 is 0 Å². The van der Waals surface area contributed by atoms with Crippen LogP contribution in [-0.2, 0) is 10.0 Å². The Morgan fingerprint density at radius 3 is 2.56 bits per heavy atom. The lowest BCUT2D eigenvalue weighted by Crippen LogP contribution is -2.16. The molecule has 0 radical (unpaired) electrons. The number of pyridine rings is 1. The lowest BCUT2D eigenvalue weighted by Gasteiger charge is -2.14. The summed E-state index contributed by atoms with van der Waals surface area (Å²) in [6.07, 6.45) is 2.05. The van der Waals surface area contributed by atoms with Crippen molar-refractivity contribution < 1.29 is 17.9 Å². The Kier molecular flexibility index (Phi) is 3.45. The minimum absolute atomic E-state index is 0.130. The molecule has 1 aromatic heterocycles. The summed E-state index contributed by atoms with van der Waals surface area (Å²) in [6, 6.07) is 2.85. The standard InChI is InChI=1S/C11H16N2O4S/c1-7(2)16-11-9(17-8-3-4-8)5-6-10(13-11)18(12,14)15/h5-8H,3-4H2,1-2H3,(H2,12,14,15). The Morgan fingerprint density at radius 1 is 1.39 bits per heavy atom. The molecule has 7 heteroatoms. The second kappa shape index (κ2) is 4.74. The Morgan fingerprint density at radius 2 is 2.06 bits per heavy atom. The summed E-state index contributed by atoms with van der Waals surface area (Å²) in [5.41, 5.74) is 0. The molecule has 1 fully saturated rings. The summed E-state index contributed by atoms with van der Waals surface area (Å²) in [5.74, 6) is 0.627. The van der Waals surface area contributed by atoms with Crippen LogP contribution < -0.4 is 14.6 Å². The highest BCUT2D eigenvalue weighted by Gasteiger charge is 2.26. The van der Waals surface area contributed by atoms with Crippen LogP contribution in [0.15, 0.2) is 17.2 Å². The zero-order valence-electron chi connectivity index (χ0n) is 10.3. The third-order valence-electron chi connectivity index (χ3n) is 2.26. The van der Waals surface area contributed by atoms with Crippen molar-refractivity contribution in [2.24, 2.45) is 5.14 Å². The van der Waals surface area contributed by atoms with Crippen LogP contribution in [0.1, 0.15) is 26.7 Å². The molecule has 0 unspecified atom stereocenters. The molecule has 0 amide bonds. The van der Waals surface area contributed by atoms with Gasteiger partial charge in [0.2, 0.25) is 0 Å². The lowest BCUT2D eigenvalue weighted by molar-refractivity contribution is 0.206. The summed E-state index contributed by atoms with van der Waals surface area (Å²) < 4.78 is 33.5. The lowest BCUT2D eigenvalue weighted by atomic mass is 10.4. The summed E-state index contributed by atoms with van der Waals surface area (Å²) >= 11 is 0. The predicted octanol–water partition coefficient (Wildman–Crippen LogP) is 1.06. The van der Waals surface area contributed by atoms with Gasteiger partial charge in [0.1, 0.15) is 0 Å². The normalized spacial score (nSPS) is 15.8. The topological polar surface area (TPSA) is 91.5 Å². The maximum absolute atomic E-state index is 11.2. The van der Waals surface area contributed by atoms with Crippen LogP contribution in [0.4, 0.5) is 0 Å². The van der Waals surface area contributed by atoms with Gasteiger partial charge in [0.05, 0.1) is 12.2 Å². The first kappa shape index (κ1) is 13.1. The van der Waals surface area contributed by atoms with Crippen LogP contribution in [-0.4, -0.2) is 25.6 Å². The SMILES string of the molecule is CC(C)Oc1nc(S(N)(=O)=O)ccc1OC1CC1. The number of hydrogen-bond acceptors (Lipinski definition) is 5. The van der Waals surface area contributed by atoms with Crippen LogP contribution in [0.25, 0.3) is 0 Å². The molecule has 1 saturated carbocycles.